The quantitative estimate of drug-likeness (QED) is 0.604. The van der Waals surface area contributed by atoms with Crippen molar-refractivity contribution in [1.29, 1.82) is 0 Å². The molecule has 1 amide bonds. The molecule has 0 aromatic carbocycles. The fourth-order valence-corrected chi connectivity index (χ4v) is 1.71. The first-order chi connectivity index (χ1) is 9.78. The van der Waals surface area contributed by atoms with Crippen molar-refractivity contribution < 1.29 is 19.0 Å². The highest BCUT2D eigenvalue weighted by Crippen LogP contribution is 2.06. The van der Waals surface area contributed by atoms with Gasteiger partial charge in [-0.1, -0.05) is 0 Å². The van der Waals surface area contributed by atoms with Crippen LogP contribution in [0.15, 0.2) is 0 Å². The van der Waals surface area contributed by atoms with Gasteiger partial charge in [0.25, 0.3) is 0 Å². The van der Waals surface area contributed by atoms with Crippen LogP contribution in [0.3, 0.4) is 0 Å². The molecule has 0 heterocycles. The molecule has 0 saturated heterocycles. The summed E-state index contributed by atoms with van der Waals surface area (Å²) in [6, 6.07) is 0.257. The van der Waals surface area contributed by atoms with Crippen LogP contribution in [0.25, 0.3) is 0 Å². The first-order valence-electron chi connectivity index (χ1n) is 7.50. The second-order valence-electron chi connectivity index (χ2n) is 6.18. The van der Waals surface area contributed by atoms with E-state index in [0.29, 0.717) is 13.2 Å². The molecule has 0 fully saturated rings. The fourth-order valence-electron chi connectivity index (χ4n) is 1.71. The van der Waals surface area contributed by atoms with Crippen molar-refractivity contribution in [3.63, 3.8) is 0 Å². The standard InChI is InChI=1S/C15H32N2O4/c1-12(20-6)10-17-13(11-19-5)8-7-9-16-14(18)21-15(2,3)4/h12-13,17H,7-11H2,1-6H3,(H,16,18). The summed E-state index contributed by atoms with van der Waals surface area (Å²) in [5.74, 6) is 0. The smallest absolute Gasteiger partial charge is 0.407 e. The van der Waals surface area contributed by atoms with Gasteiger partial charge >= 0.3 is 6.09 Å². The van der Waals surface area contributed by atoms with E-state index in [-0.39, 0.29) is 18.2 Å². The maximum Gasteiger partial charge on any atom is 0.407 e. The van der Waals surface area contributed by atoms with E-state index in [1.807, 2.05) is 27.7 Å². The number of amides is 1. The number of methoxy groups -OCH3 is 2. The minimum atomic E-state index is -0.458. The molecule has 0 aromatic heterocycles. The van der Waals surface area contributed by atoms with Crippen LogP contribution in [-0.2, 0) is 14.2 Å². The molecule has 0 aliphatic heterocycles. The lowest BCUT2D eigenvalue weighted by Crippen LogP contribution is -2.39. The van der Waals surface area contributed by atoms with Crippen LogP contribution in [0, 0.1) is 0 Å². The Morgan fingerprint density at radius 3 is 2.43 bits per heavy atom. The molecular weight excluding hydrogens is 272 g/mol. The van der Waals surface area contributed by atoms with Gasteiger partial charge in [-0.2, -0.15) is 0 Å². The molecular formula is C15H32N2O4. The third-order valence-corrected chi connectivity index (χ3v) is 2.86. The monoisotopic (exact) mass is 304 g/mol. The fraction of sp³-hybridized carbons (Fsp3) is 0.933. The third-order valence-electron chi connectivity index (χ3n) is 2.86. The topological polar surface area (TPSA) is 68.8 Å². The molecule has 2 atom stereocenters. The van der Waals surface area contributed by atoms with Crippen LogP contribution in [0.5, 0.6) is 0 Å². The summed E-state index contributed by atoms with van der Waals surface area (Å²) >= 11 is 0. The van der Waals surface area contributed by atoms with E-state index in [9.17, 15) is 4.79 Å². The Morgan fingerprint density at radius 2 is 1.90 bits per heavy atom. The zero-order valence-electron chi connectivity index (χ0n) is 14.3. The van der Waals surface area contributed by atoms with Crippen LogP contribution in [0.2, 0.25) is 0 Å². The van der Waals surface area contributed by atoms with E-state index in [4.69, 9.17) is 14.2 Å². The van der Waals surface area contributed by atoms with Gasteiger partial charge in [0.05, 0.1) is 12.7 Å². The van der Waals surface area contributed by atoms with E-state index in [0.717, 1.165) is 19.4 Å². The molecule has 0 aromatic rings. The zero-order chi connectivity index (χ0) is 16.3. The Morgan fingerprint density at radius 1 is 1.24 bits per heavy atom. The van der Waals surface area contributed by atoms with Crippen molar-refractivity contribution in [2.45, 2.75) is 58.3 Å². The van der Waals surface area contributed by atoms with Crippen molar-refractivity contribution >= 4 is 6.09 Å². The van der Waals surface area contributed by atoms with Crippen LogP contribution in [0.1, 0.15) is 40.5 Å². The maximum atomic E-state index is 11.5. The third kappa shape index (κ3) is 12.6. The molecule has 0 radical (unpaired) electrons. The number of carbonyl (C=O) groups excluding carboxylic acids is 1. The highest BCUT2D eigenvalue weighted by molar-refractivity contribution is 5.67. The van der Waals surface area contributed by atoms with Gasteiger partial charge in [0.15, 0.2) is 0 Å². The van der Waals surface area contributed by atoms with Gasteiger partial charge in [0, 0.05) is 33.4 Å². The number of hydrogen-bond acceptors (Lipinski definition) is 5. The zero-order valence-corrected chi connectivity index (χ0v) is 14.3. The Balaban J connectivity index is 3.85. The van der Waals surface area contributed by atoms with Gasteiger partial charge in [-0.05, 0) is 40.5 Å². The normalized spacial score (nSPS) is 14.6. The summed E-state index contributed by atoms with van der Waals surface area (Å²) in [4.78, 5) is 11.5. The lowest BCUT2D eigenvalue weighted by atomic mass is 10.1. The number of carbonyl (C=O) groups is 1. The predicted octanol–water partition coefficient (Wildman–Crippen LogP) is 1.93. The predicted molar refractivity (Wildman–Crippen MR) is 83.6 cm³/mol. The highest BCUT2D eigenvalue weighted by atomic mass is 16.6. The molecule has 0 aliphatic carbocycles. The van der Waals surface area contributed by atoms with Gasteiger partial charge in [-0.3, -0.25) is 0 Å². The Labute approximate surface area is 128 Å². The molecule has 0 spiro atoms. The molecule has 0 saturated carbocycles. The molecule has 2 unspecified atom stereocenters. The number of nitrogens with one attached hydrogen (secondary N) is 2. The van der Waals surface area contributed by atoms with Crippen LogP contribution in [-0.4, -0.2) is 57.8 Å². The van der Waals surface area contributed by atoms with Crippen molar-refractivity contribution in [2.24, 2.45) is 0 Å². The maximum absolute atomic E-state index is 11.5. The minimum Gasteiger partial charge on any atom is -0.444 e. The van der Waals surface area contributed by atoms with E-state index in [2.05, 4.69) is 10.6 Å². The Hall–Kier alpha value is -0.850. The van der Waals surface area contributed by atoms with Gasteiger partial charge in [-0.25, -0.2) is 4.79 Å². The van der Waals surface area contributed by atoms with Crippen molar-refractivity contribution in [2.75, 3.05) is 33.9 Å². The number of alkyl carbamates (subject to hydrolysis) is 1. The van der Waals surface area contributed by atoms with Crippen LogP contribution in [0.4, 0.5) is 4.79 Å². The summed E-state index contributed by atoms with van der Waals surface area (Å²) in [6.45, 7) is 9.58. The van der Waals surface area contributed by atoms with Crippen molar-refractivity contribution in [3.05, 3.63) is 0 Å². The summed E-state index contributed by atoms with van der Waals surface area (Å²) < 4.78 is 15.6. The molecule has 126 valence electrons. The molecule has 6 nitrogen and oxygen atoms in total. The molecule has 21 heavy (non-hydrogen) atoms. The second kappa shape index (κ2) is 10.8. The molecule has 0 bridgehead atoms. The largest absolute Gasteiger partial charge is 0.444 e. The summed E-state index contributed by atoms with van der Waals surface area (Å²) in [5, 5.41) is 6.16. The summed E-state index contributed by atoms with van der Waals surface area (Å²) in [5.41, 5.74) is -0.458. The summed E-state index contributed by atoms with van der Waals surface area (Å²) in [7, 11) is 3.38. The van der Waals surface area contributed by atoms with Gasteiger partial charge in [0.1, 0.15) is 5.60 Å². The first-order valence-corrected chi connectivity index (χ1v) is 7.50. The lowest BCUT2D eigenvalue weighted by Gasteiger charge is -2.21. The van der Waals surface area contributed by atoms with E-state index in [1.165, 1.54) is 0 Å². The molecule has 6 heteroatoms. The second-order valence-corrected chi connectivity index (χ2v) is 6.18. The molecule has 0 aliphatic rings. The van der Waals surface area contributed by atoms with Gasteiger partial charge < -0.3 is 24.8 Å². The highest BCUT2D eigenvalue weighted by Gasteiger charge is 2.16. The Bertz CT molecular complexity index is 279. The minimum absolute atomic E-state index is 0.171. The average molecular weight is 304 g/mol. The first kappa shape index (κ1) is 20.1. The SMILES string of the molecule is COCC(CCCNC(=O)OC(C)(C)C)NCC(C)OC. The Kier molecular flexibility index (Phi) is 10.4. The van der Waals surface area contributed by atoms with Gasteiger partial charge in [-0.15, -0.1) is 0 Å². The van der Waals surface area contributed by atoms with Gasteiger partial charge in [0.2, 0.25) is 0 Å². The van der Waals surface area contributed by atoms with Crippen LogP contribution < -0.4 is 10.6 Å². The van der Waals surface area contributed by atoms with Crippen molar-refractivity contribution in [1.82, 2.24) is 10.6 Å². The van der Waals surface area contributed by atoms with E-state index >= 15 is 0 Å². The van der Waals surface area contributed by atoms with Crippen molar-refractivity contribution in [3.8, 4) is 0 Å². The lowest BCUT2D eigenvalue weighted by molar-refractivity contribution is 0.0526. The molecule has 0 rings (SSSR count). The number of hydrogen-bond donors (Lipinski definition) is 2. The van der Waals surface area contributed by atoms with Crippen LogP contribution >= 0.6 is 0 Å². The van der Waals surface area contributed by atoms with E-state index in [1.54, 1.807) is 14.2 Å². The average Bonchev–Trinajstić information content (AvgIpc) is 2.38. The number of ether oxygens (including phenoxy) is 3. The number of rotatable bonds is 10. The van der Waals surface area contributed by atoms with E-state index < -0.39 is 5.60 Å². The molecule has 2 N–H and O–H groups in total. The summed E-state index contributed by atoms with van der Waals surface area (Å²) in [6.07, 6.45) is 1.58.